The van der Waals surface area contributed by atoms with Gasteiger partial charge in [-0.05, 0) is 44.5 Å². The van der Waals surface area contributed by atoms with Gasteiger partial charge in [0.2, 0.25) is 5.78 Å². The standard InChI is InChI=1S/C21H26ClN3O3/c1-13-18(21(27)28-4)14(2)23-19(13)20(26)15(3)24-8-10-25(11-9-24)17-7-5-6-16(22)12-17/h5-7,12,15,23H,8-11H2,1-4H3/p+1/t15-/m0/s1. The SMILES string of the molecule is COC(=O)c1c(C)[nH]c(C(=O)[C@H](C)[NH+]2CCN(c3cccc(Cl)c3)CC2)c1C. The van der Waals surface area contributed by atoms with Gasteiger partial charge < -0.3 is 19.5 Å². The highest BCUT2D eigenvalue weighted by Crippen LogP contribution is 2.21. The van der Waals surface area contributed by atoms with E-state index in [1.807, 2.05) is 25.1 Å². The molecule has 1 aliphatic rings. The molecule has 0 saturated carbocycles. The summed E-state index contributed by atoms with van der Waals surface area (Å²) in [6.45, 7) is 9.00. The molecule has 1 aromatic carbocycles. The molecule has 1 fully saturated rings. The summed E-state index contributed by atoms with van der Waals surface area (Å²) in [4.78, 5) is 31.7. The number of anilines is 1. The second kappa shape index (κ2) is 8.37. The highest BCUT2D eigenvalue weighted by molar-refractivity contribution is 6.30. The predicted octanol–water partition coefficient (Wildman–Crippen LogP) is 2.05. The van der Waals surface area contributed by atoms with Gasteiger partial charge >= 0.3 is 5.97 Å². The molecular weight excluding hydrogens is 378 g/mol. The summed E-state index contributed by atoms with van der Waals surface area (Å²) in [5.74, 6) is -0.387. The molecular formula is C21H27ClN3O3+. The maximum atomic E-state index is 13.1. The second-order valence-corrected chi connectivity index (χ2v) is 7.76. The largest absolute Gasteiger partial charge is 0.465 e. The average Bonchev–Trinajstić information content (AvgIpc) is 3.00. The van der Waals surface area contributed by atoms with Gasteiger partial charge in [-0.2, -0.15) is 0 Å². The van der Waals surface area contributed by atoms with Crippen LogP contribution in [0, 0.1) is 13.8 Å². The van der Waals surface area contributed by atoms with Crippen LogP contribution in [0.25, 0.3) is 0 Å². The van der Waals surface area contributed by atoms with Gasteiger partial charge in [-0.3, -0.25) is 4.79 Å². The van der Waals surface area contributed by atoms with Gasteiger partial charge in [0.05, 0.1) is 44.5 Å². The van der Waals surface area contributed by atoms with Gasteiger partial charge in [-0.25, -0.2) is 4.79 Å². The summed E-state index contributed by atoms with van der Waals surface area (Å²) >= 11 is 6.10. The molecule has 1 aromatic heterocycles. The molecule has 150 valence electrons. The van der Waals surface area contributed by atoms with Crippen molar-refractivity contribution in [3.05, 3.63) is 51.8 Å². The number of H-pyrrole nitrogens is 1. The molecule has 0 aliphatic carbocycles. The zero-order chi connectivity index (χ0) is 20.4. The van der Waals surface area contributed by atoms with Crippen molar-refractivity contribution in [2.24, 2.45) is 0 Å². The highest BCUT2D eigenvalue weighted by Gasteiger charge is 2.33. The first-order chi connectivity index (χ1) is 13.3. The van der Waals surface area contributed by atoms with Crippen molar-refractivity contribution in [3.63, 3.8) is 0 Å². The fourth-order valence-corrected chi connectivity index (χ4v) is 4.15. The molecule has 0 spiro atoms. The van der Waals surface area contributed by atoms with Crippen molar-refractivity contribution in [2.75, 3.05) is 38.2 Å². The maximum Gasteiger partial charge on any atom is 0.339 e. The molecule has 2 aromatic rings. The quantitative estimate of drug-likeness (QED) is 0.591. The number of quaternary nitrogens is 1. The first kappa shape index (κ1) is 20.4. The lowest BCUT2D eigenvalue weighted by Gasteiger charge is -2.36. The van der Waals surface area contributed by atoms with Gasteiger partial charge in [0.15, 0.2) is 6.04 Å². The normalized spacial score (nSPS) is 16.1. The monoisotopic (exact) mass is 404 g/mol. The van der Waals surface area contributed by atoms with Crippen LogP contribution in [0.2, 0.25) is 5.02 Å². The molecule has 3 rings (SSSR count). The molecule has 1 atom stereocenters. The lowest BCUT2D eigenvalue weighted by molar-refractivity contribution is -0.914. The lowest BCUT2D eigenvalue weighted by atomic mass is 10.0. The van der Waals surface area contributed by atoms with Crippen LogP contribution in [-0.4, -0.2) is 56.1 Å². The number of hydrogen-bond acceptors (Lipinski definition) is 4. The number of rotatable bonds is 5. The second-order valence-electron chi connectivity index (χ2n) is 7.33. The Labute approximate surface area is 170 Å². The van der Waals surface area contributed by atoms with Crippen molar-refractivity contribution >= 4 is 29.0 Å². The van der Waals surface area contributed by atoms with Gasteiger partial charge in [0.1, 0.15) is 0 Å². The minimum atomic E-state index is -0.416. The van der Waals surface area contributed by atoms with E-state index in [1.54, 1.807) is 13.8 Å². The molecule has 0 unspecified atom stereocenters. The number of halogens is 1. The van der Waals surface area contributed by atoms with Crippen LogP contribution in [0.15, 0.2) is 24.3 Å². The summed E-state index contributed by atoms with van der Waals surface area (Å²) in [5, 5.41) is 0.731. The van der Waals surface area contributed by atoms with E-state index in [9.17, 15) is 9.59 Å². The Morgan fingerprint density at radius 2 is 1.93 bits per heavy atom. The maximum absolute atomic E-state index is 13.1. The molecule has 0 bridgehead atoms. The summed E-state index contributed by atoms with van der Waals surface area (Å²) in [7, 11) is 1.35. The number of Topliss-reactive ketones (excluding diaryl/α,β-unsaturated/α-hetero) is 1. The molecule has 28 heavy (non-hydrogen) atoms. The van der Waals surface area contributed by atoms with E-state index in [0.29, 0.717) is 22.5 Å². The van der Waals surface area contributed by atoms with E-state index >= 15 is 0 Å². The number of benzene rings is 1. The fraction of sp³-hybridized carbons (Fsp3) is 0.429. The number of aryl methyl sites for hydroxylation is 1. The first-order valence-electron chi connectivity index (χ1n) is 9.50. The van der Waals surface area contributed by atoms with Crippen molar-refractivity contribution in [2.45, 2.75) is 26.8 Å². The zero-order valence-electron chi connectivity index (χ0n) is 16.8. The van der Waals surface area contributed by atoms with E-state index < -0.39 is 5.97 Å². The van der Waals surface area contributed by atoms with Gasteiger partial charge in [0.25, 0.3) is 0 Å². The van der Waals surface area contributed by atoms with Crippen molar-refractivity contribution < 1.29 is 19.2 Å². The number of carbonyl (C=O) groups excluding carboxylic acids is 2. The Morgan fingerprint density at radius 3 is 2.54 bits per heavy atom. The molecule has 6 nitrogen and oxygen atoms in total. The highest BCUT2D eigenvalue weighted by atomic mass is 35.5. The number of esters is 1. The van der Waals surface area contributed by atoms with Crippen LogP contribution in [0.1, 0.15) is 39.0 Å². The van der Waals surface area contributed by atoms with Crippen LogP contribution >= 0.6 is 11.6 Å². The van der Waals surface area contributed by atoms with Gasteiger partial charge in [-0.1, -0.05) is 17.7 Å². The molecule has 0 amide bonds. The van der Waals surface area contributed by atoms with Crippen LogP contribution in [0.3, 0.4) is 0 Å². The number of ether oxygens (including phenoxy) is 1. The third kappa shape index (κ3) is 3.93. The Kier molecular flexibility index (Phi) is 6.10. The predicted molar refractivity (Wildman–Crippen MR) is 110 cm³/mol. The van der Waals surface area contributed by atoms with Crippen LogP contribution in [0.5, 0.6) is 0 Å². The summed E-state index contributed by atoms with van der Waals surface area (Å²) in [6, 6.07) is 7.67. The Hall–Kier alpha value is -2.31. The average molecular weight is 405 g/mol. The third-order valence-corrected chi connectivity index (χ3v) is 5.89. The number of hydrogen-bond donors (Lipinski definition) is 2. The molecule has 2 heterocycles. The van der Waals surface area contributed by atoms with E-state index in [-0.39, 0.29) is 11.8 Å². The van der Waals surface area contributed by atoms with E-state index in [2.05, 4.69) is 16.0 Å². The van der Waals surface area contributed by atoms with Crippen LogP contribution < -0.4 is 9.80 Å². The van der Waals surface area contributed by atoms with Gasteiger partial charge in [0, 0.05) is 16.4 Å². The summed E-state index contributed by atoms with van der Waals surface area (Å²) in [5.41, 5.74) is 3.41. The molecule has 0 radical (unpaired) electrons. The molecule has 2 N–H and O–H groups in total. The van der Waals surface area contributed by atoms with Crippen LogP contribution in [0.4, 0.5) is 5.69 Å². The smallest absolute Gasteiger partial charge is 0.339 e. The summed E-state index contributed by atoms with van der Waals surface area (Å²) < 4.78 is 4.84. The number of aromatic nitrogens is 1. The molecule has 7 heteroatoms. The Morgan fingerprint density at radius 1 is 1.25 bits per heavy atom. The number of nitrogens with zero attached hydrogens (tertiary/aromatic N) is 1. The first-order valence-corrected chi connectivity index (χ1v) is 9.88. The number of piperazine rings is 1. The number of methoxy groups -OCH3 is 1. The van der Waals surface area contributed by atoms with Crippen molar-refractivity contribution in [1.29, 1.82) is 0 Å². The molecule has 1 aliphatic heterocycles. The third-order valence-electron chi connectivity index (χ3n) is 5.66. The Balaban J connectivity index is 1.69. The van der Waals surface area contributed by atoms with Crippen LogP contribution in [-0.2, 0) is 4.74 Å². The Bertz CT molecular complexity index is 885. The van der Waals surface area contributed by atoms with Crippen molar-refractivity contribution in [1.82, 2.24) is 4.98 Å². The summed E-state index contributed by atoms with van der Waals surface area (Å²) in [6.07, 6.45) is 0. The lowest BCUT2D eigenvalue weighted by Crippen LogP contribution is -3.18. The fourth-order valence-electron chi connectivity index (χ4n) is 3.96. The van der Waals surface area contributed by atoms with E-state index in [0.717, 1.165) is 36.9 Å². The topological polar surface area (TPSA) is 66.8 Å². The minimum Gasteiger partial charge on any atom is -0.465 e. The molecule has 1 saturated heterocycles. The van der Waals surface area contributed by atoms with E-state index in [4.69, 9.17) is 16.3 Å². The zero-order valence-corrected chi connectivity index (χ0v) is 17.5. The number of nitrogens with one attached hydrogen (secondary N) is 2. The number of carbonyl (C=O) groups is 2. The van der Waals surface area contributed by atoms with Crippen molar-refractivity contribution in [3.8, 4) is 0 Å². The number of ketones is 1. The van der Waals surface area contributed by atoms with E-state index in [1.165, 1.54) is 12.0 Å². The van der Waals surface area contributed by atoms with Gasteiger partial charge in [-0.15, -0.1) is 0 Å². The minimum absolute atomic E-state index is 0.0296. The number of aromatic amines is 1.